The smallest absolute Gasteiger partial charge is 0.239 e. The van der Waals surface area contributed by atoms with Gasteiger partial charge >= 0.3 is 0 Å². The molecule has 1 fully saturated rings. The van der Waals surface area contributed by atoms with Gasteiger partial charge in [-0.15, -0.1) is 0 Å². The Morgan fingerprint density at radius 3 is 2.63 bits per heavy atom. The van der Waals surface area contributed by atoms with Crippen molar-refractivity contribution in [3.05, 3.63) is 30.3 Å². The van der Waals surface area contributed by atoms with E-state index in [4.69, 9.17) is 0 Å². The van der Waals surface area contributed by atoms with Crippen LogP contribution >= 0.6 is 0 Å². The summed E-state index contributed by atoms with van der Waals surface area (Å²) in [5, 5.41) is 2.78. The molecule has 0 spiro atoms. The average Bonchev–Trinajstić information content (AvgIpc) is 2.69. The van der Waals surface area contributed by atoms with E-state index in [2.05, 4.69) is 5.32 Å². The van der Waals surface area contributed by atoms with Gasteiger partial charge in [0.05, 0.1) is 18.1 Å². The predicted molar refractivity (Wildman–Crippen MR) is 74.9 cm³/mol. The second-order valence-corrected chi connectivity index (χ2v) is 7.09. The minimum Gasteiger partial charge on any atom is -0.365 e. The van der Waals surface area contributed by atoms with Crippen LogP contribution in [0.5, 0.6) is 0 Å². The standard InChI is InChI=1S/C13H18N2O3S/c1-15(12-5-3-2-4-6-12)9-13(16)14-11-7-8-19(17,18)10-11/h2-6,11H,7-10H2,1H3,(H,14,16). The van der Waals surface area contributed by atoms with Gasteiger partial charge in [0.2, 0.25) is 5.91 Å². The molecule has 5 nitrogen and oxygen atoms in total. The van der Waals surface area contributed by atoms with Crippen molar-refractivity contribution >= 4 is 21.4 Å². The molecule has 0 aromatic heterocycles. The van der Waals surface area contributed by atoms with Gasteiger partial charge in [-0.2, -0.15) is 0 Å². The first kappa shape index (κ1) is 13.9. The molecule has 6 heteroatoms. The van der Waals surface area contributed by atoms with Gasteiger partial charge in [0.25, 0.3) is 0 Å². The maximum atomic E-state index is 11.8. The first-order chi connectivity index (χ1) is 8.96. The molecule has 1 heterocycles. The highest BCUT2D eigenvalue weighted by Crippen LogP contribution is 2.12. The van der Waals surface area contributed by atoms with Crippen molar-refractivity contribution in [2.24, 2.45) is 0 Å². The van der Waals surface area contributed by atoms with Gasteiger partial charge in [-0.05, 0) is 18.6 Å². The number of para-hydroxylation sites is 1. The van der Waals surface area contributed by atoms with Crippen LogP contribution in [0.15, 0.2) is 30.3 Å². The average molecular weight is 282 g/mol. The molecule has 1 aromatic carbocycles. The molecule has 1 aliphatic rings. The Morgan fingerprint density at radius 1 is 1.37 bits per heavy atom. The third-order valence-corrected chi connectivity index (χ3v) is 4.94. The zero-order valence-corrected chi connectivity index (χ0v) is 11.7. The van der Waals surface area contributed by atoms with E-state index in [1.54, 1.807) is 0 Å². The molecule has 0 bridgehead atoms. The maximum Gasteiger partial charge on any atom is 0.239 e. The van der Waals surface area contributed by atoms with Crippen LogP contribution in [0.2, 0.25) is 0 Å². The van der Waals surface area contributed by atoms with Crippen LogP contribution in [0, 0.1) is 0 Å². The lowest BCUT2D eigenvalue weighted by Gasteiger charge is -2.20. The molecule has 1 unspecified atom stereocenters. The number of carbonyl (C=O) groups is 1. The highest BCUT2D eigenvalue weighted by molar-refractivity contribution is 7.91. The van der Waals surface area contributed by atoms with E-state index >= 15 is 0 Å². The van der Waals surface area contributed by atoms with Gasteiger partial charge < -0.3 is 10.2 Å². The number of sulfone groups is 1. The summed E-state index contributed by atoms with van der Waals surface area (Å²) in [5.41, 5.74) is 0.955. The predicted octanol–water partition coefficient (Wildman–Crippen LogP) is 0.426. The number of benzene rings is 1. The lowest BCUT2D eigenvalue weighted by Crippen LogP contribution is -2.41. The fraction of sp³-hybridized carbons (Fsp3) is 0.462. The Labute approximate surface area is 113 Å². The molecule has 0 aliphatic carbocycles. The maximum absolute atomic E-state index is 11.8. The van der Waals surface area contributed by atoms with E-state index in [9.17, 15) is 13.2 Å². The molecule has 19 heavy (non-hydrogen) atoms. The zero-order valence-electron chi connectivity index (χ0n) is 10.9. The van der Waals surface area contributed by atoms with Crippen molar-refractivity contribution in [2.75, 3.05) is 30.0 Å². The van der Waals surface area contributed by atoms with E-state index < -0.39 is 9.84 Å². The molecule has 1 saturated heterocycles. The van der Waals surface area contributed by atoms with Gasteiger partial charge in [-0.1, -0.05) is 18.2 Å². The number of hydrogen-bond acceptors (Lipinski definition) is 4. The van der Waals surface area contributed by atoms with Crippen LogP contribution in [-0.4, -0.2) is 45.5 Å². The van der Waals surface area contributed by atoms with Gasteiger partial charge in [-0.3, -0.25) is 4.79 Å². The Morgan fingerprint density at radius 2 is 2.05 bits per heavy atom. The van der Waals surface area contributed by atoms with Crippen molar-refractivity contribution in [2.45, 2.75) is 12.5 Å². The van der Waals surface area contributed by atoms with E-state index in [1.807, 2.05) is 42.3 Å². The molecule has 2 rings (SSSR count). The van der Waals surface area contributed by atoms with Crippen molar-refractivity contribution in [3.8, 4) is 0 Å². The molecular formula is C13H18N2O3S. The summed E-state index contributed by atoms with van der Waals surface area (Å²) in [7, 11) is -1.12. The number of nitrogens with one attached hydrogen (secondary N) is 1. The third-order valence-electron chi connectivity index (χ3n) is 3.18. The fourth-order valence-corrected chi connectivity index (χ4v) is 3.84. The van der Waals surface area contributed by atoms with Crippen molar-refractivity contribution < 1.29 is 13.2 Å². The minimum atomic E-state index is -2.95. The summed E-state index contributed by atoms with van der Waals surface area (Å²) in [6.07, 6.45) is 0.517. The van der Waals surface area contributed by atoms with E-state index in [1.165, 1.54) is 0 Å². The Balaban J connectivity index is 1.85. The number of rotatable bonds is 4. The summed E-state index contributed by atoms with van der Waals surface area (Å²) in [6.45, 7) is 0.223. The highest BCUT2D eigenvalue weighted by atomic mass is 32.2. The van der Waals surface area contributed by atoms with Crippen molar-refractivity contribution in [3.63, 3.8) is 0 Å². The normalized spacial score (nSPS) is 21.0. The molecular weight excluding hydrogens is 264 g/mol. The molecule has 0 saturated carbocycles. The van der Waals surface area contributed by atoms with E-state index in [0.717, 1.165) is 5.69 Å². The third kappa shape index (κ3) is 3.96. The highest BCUT2D eigenvalue weighted by Gasteiger charge is 2.28. The Kier molecular flexibility index (Phi) is 4.09. The number of hydrogen-bond donors (Lipinski definition) is 1. The molecule has 1 N–H and O–H groups in total. The van der Waals surface area contributed by atoms with Gasteiger partial charge in [0.15, 0.2) is 9.84 Å². The summed E-state index contributed by atoms with van der Waals surface area (Å²) in [6, 6.07) is 9.35. The monoisotopic (exact) mass is 282 g/mol. The molecule has 1 aromatic rings. The molecule has 104 valence electrons. The minimum absolute atomic E-state index is 0.0633. The summed E-state index contributed by atoms with van der Waals surface area (Å²) < 4.78 is 22.6. The van der Waals surface area contributed by atoms with Crippen LogP contribution in [0.4, 0.5) is 5.69 Å². The van der Waals surface area contributed by atoms with Gasteiger partial charge in [-0.25, -0.2) is 8.42 Å². The molecule has 0 radical (unpaired) electrons. The van der Waals surface area contributed by atoms with Crippen LogP contribution in [-0.2, 0) is 14.6 Å². The van der Waals surface area contributed by atoms with Crippen molar-refractivity contribution in [1.82, 2.24) is 5.32 Å². The first-order valence-electron chi connectivity index (χ1n) is 6.22. The lowest BCUT2D eigenvalue weighted by atomic mass is 10.2. The topological polar surface area (TPSA) is 66.5 Å². The summed E-state index contributed by atoms with van der Waals surface area (Å²) in [5.74, 6) is 0.0914. The summed E-state index contributed by atoms with van der Waals surface area (Å²) in [4.78, 5) is 13.7. The number of likely N-dealkylation sites (N-methyl/N-ethyl adjacent to an activating group) is 1. The van der Waals surface area contributed by atoms with E-state index in [-0.39, 0.29) is 30.0 Å². The second kappa shape index (κ2) is 5.61. The number of anilines is 1. The van der Waals surface area contributed by atoms with Gasteiger partial charge in [0, 0.05) is 18.8 Å². The number of carbonyl (C=O) groups excluding carboxylic acids is 1. The SMILES string of the molecule is CN(CC(=O)NC1CCS(=O)(=O)C1)c1ccccc1. The molecule has 1 atom stereocenters. The molecule has 1 aliphatic heterocycles. The summed E-state index contributed by atoms with van der Waals surface area (Å²) >= 11 is 0. The number of nitrogens with zero attached hydrogens (tertiary/aromatic N) is 1. The van der Waals surface area contributed by atoms with Crippen LogP contribution in [0.1, 0.15) is 6.42 Å². The van der Waals surface area contributed by atoms with Crippen LogP contribution in [0.25, 0.3) is 0 Å². The van der Waals surface area contributed by atoms with E-state index in [0.29, 0.717) is 6.42 Å². The van der Waals surface area contributed by atoms with Crippen molar-refractivity contribution in [1.29, 1.82) is 0 Å². The quantitative estimate of drug-likeness (QED) is 0.869. The second-order valence-electron chi connectivity index (χ2n) is 4.86. The van der Waals surface area contributed by atoms with Gasteiger partial charge in [0.1, 0.15) is 0 Å². The van der Waals surface area contributed by atoms with Crippen LogP contribution < -0.4 is 10.2 Å². The zero-order chi connectivity index (χ0) is 13.9. The Bertz CT molecular complexity index is 542. The van der Waals surface area contributed by atoms with Crippen LogP contribution in [0.3, 0.4) is 0 Å². The Hall–Kier alpha value is -1.56. The number of amides is 1. The fourth-order valence-electron chi connectivity index (χ4n) is 2.17. The lowest BCUT2D eigenvalue weighted by molar-refractivity contribution is -0.120. The largest absolute Gasteiger partial charge is 0.365 e. The first-order valence-corrected chi connectivity index (χ1v) is 8.04. The molecule has 1 amide bonds.